The summed E-state index contributed by atoms with van der Waals surface area (Å²) in [5, 5.41) is 24.9. The lowest BCUT2D eigenvalue weighted by molar-refractivity contribution is -0.385. The van der Waals surface area contributed by atoms with Gasteiger partial charge >= 0.3 is 12.8 Å². The van der Waals surface area contributed by atoms with Crippen molar-refractivity contribution in [1.82, 2.24) is 0 Å². The number of nitrogens with zero attached hydrogens (tertiary/aromatic N) is 3. The second kappa shape index (κ2) is 8.45. The third kappa shape index (κ3) is 5.57. The van der Waals surface area contributed by atoms with Gasteiger partial charge in [0.15, 0.2) is 0 Å². The Balaban J connectivity index is 2.37. The number of benzene rings is 2. The van der Waals surface area contributed by atoms with Crippen LogP contribution in [0, 0.1) is 20.2 Å². The van der Waals surface area contributed by atoms with E-state index in [1.807, 2.05) is 5.43 Å². The molecule has 0 saturated heterocycles. The number of rotatable bonds is 7. The van der Waals surface area contributed by atoms with E-state index in [4.69, 9.17) is 0 Å². The predicted octanol–water partition coefficient (Wildman–Crippen LogP) is 4.57. The first kappa shape index (κ1) is 21.5. The molecular weight excluding hydrogens is 411 g/mol. The molecule has 29 heavy (non-hydrogen) atoms. The van der Waals surface area contributed by atoms with Gasteiger partial charge in [-0.15, -0.1) is 0 Å². The molecular formula is C15H9F5N4O5. The van der Waals surface area contributed by atoms with Crippen LogP contribution in [0.3, 0.4) is 0 Å². The first-order valence-electron chi connectivity index (χ1n) is 7.37. The maximum atomic E-state index is 13.1. The highest BCUT2D eigenvalue weighted by atomic mass is 19.4. The van der Waals surface area contributed by atoms with E-state index in [1.54, 1.807) is 0 Å². The molecule has 0 saturated carbocycles. The molecule has 2 rings (SSSR count). The topological polar surface area (TPSA) is 120 Å². The van der Waals surface area contributed by atoms with E-state index in [1.165, 1.54) is 0 Å². The van der Waals surface area contributed by atoms with Crippen molar-refractivity contribution in [1.29, 1.82) is 0 Å². The van der Waals surface area contributed by atoms with E-state index in [0.717, 1.165) is 36.5 Å². The summed E-state index contributed by atoms with van der Waals surface area (Å²) in [5.41, 5.74) is -1.71. The smallest absolute Gasteiger partial charge is 0.418 e. The highest BCUT2D eigenvalue weighted by molar-refractivity contribution is 5.85. The molecule has 0 heterocycles. The maximum Gasteiger partial charge on any atom is 0.418 e. The van der Waals surface area contributed by atoms with Crippen molar-refractivity contribution in [3.8, 4) is 5.75 Å². The number of halogens is 5. The molecule has 0 aliphatic rings. The lowest BCUT2D eigenvalue weighted by atomic mass is 10.1. The first-order valence-corrected chi connectivity index (χ1v) is 7.37. The average molecular weight is 420 g/mol. The Labute approximate surface area is 157 Å². The quantitative estimate of drug-likeness (QED) is 0.303. The number of nitro benzene ring substituents is 2. The second-order valence-electron chi connectivity index (χ2n) is 5.21. The molecule has 9 nitrogen and oxygen atoms in total. The lowest BCUT2D eigenvalue weighted by Crippen LogP contribution is -2.09. The number of alkyl halides is 5. The molecule has 0 aliphatic heterocycles. The number of anilines is 1. The fourth-order valence-electron chi connectivity index (χ4n) is 2.10. The van der Waals surface area contributed by atoms with Gasteiger partial charge in [-0.25, -0.2) is 0 Å². The van der Waals surface area contributed by atoms with Crippen molar-refractivity contribution in [2.75, 3.05) is 5.43 Å². The van der Waals surface area contributed by atoms with E-state index >= 15 is 0 Å². The second-order valence-corrected chi connectivity index (χ2v) is 5.21. The molecule has 0 aliphatic carbocycles. The van der Waals surface area contributed by atoms with Crippen LogP contribution in [-0.2, 0) is 6.18 Å². The van der Waals surface area contributed by atoms with Crippen molar-refractivity contribution in [3.05, 3.63) is 67.8 Å². The Morgan fingerprint density at radius 2 is 1.62 bits per heavy atom. The number of nitro groups is 2. The molecule has 154 valence electrons. The Morgan fingerprint density at radius 1 is 1.03 bits per heavy atom. The van der Waals surface area contributed by atoms with Crippen LogP contribution in [0.2, 0.25) is 0 Å². The van der Waals surface area contributed by atoms with E-state index < -0.39 is 51.0 Å². The summed E-state index contributed by atoms with van der Waals surface area (Å²) >= 11 is 0. The number of hydrogen-bond donors (Lipinski definition) is 1. The van der Waals surface area contributed by atoms with Gasteiger partial charge in [0.05, 0.1) is 27.3 Å². The number of non-ortho nitro benzene ring substituents is 2. The molecule has 1 N–H and O–H groups in total. The van der Waals surface area contributed by atoms with Gasteiger partial charge in [0.2, 0.25) is 0 Å². The Morgan fingerprint density at radius 3 is 2.17 bits per heavy atom. The largest absolute Gasteiger partial charge is 0.434 e. The number of nitrogens with one attached hydrogen (secondary N) is 1. The third-order valence-electron chi connectivity index (χ3n) is 3.33. The normalized spacial score (nSPS) is 11.7. The number of hydrogen-bond acceptors (Lipinski definition) is 7. The zero-order valence-corrected chi connectivity index (χ0v) is 13.9. The lowest BCUT2D eigenvalue weighted by Gasteiger charge is -2.12. The molecule has 2 aromatic carbocycles. The van der Waals surface area contributed by atoms with Crippen molar-refractivity contribution < 1.29 is 36.5 Å². The van der Waals surface area contributed by atoms with Gasteiger partial charge in [0, 0.05) is 29.8 Å². The third-order valence-corrected chi connectivity index (χ3v) is 3.33. The van der Waals surface area contributed by atoms with E-state index in [2.05, 4.69) is 9.84 Å². The molecule has 0 fully saturated rings. The van der Waals surface area contributed by atoms with Gasteiger partial charge in [-0.3, -0.25) is 25.7 Å². The highest BCUT2D eigenvalue weighted by Gasteiger charge is 2.35. The molecule has 0 aromatic heterocycles. The molecule has 0 atom stereocenters. The maximum absolute atomic E-state index is 13.1. The van der Waals surface area contributed by atoms with Crippen LogP contribution in [-0.4, -0.2) is 22.7 Å². The fourth-order valence-corrected chi connectivity index (χ4v) is 2.10. The minimum atomic E-state index is -4.96. The summed E-state index contributed by atoms with van der Waals surface area (Å²) in [5.74, 6) is -0.504. The van der Waals surface area contributed by atoms with Crippen LogP contribution in [0.5, 0.6) is 5.75 Å². The van der Waals surface area contributed by atoms with Crippen LogP contribution >= 0.6 is 0 Å². The summed E-state index contributed by atoms with van der Waals surface area (Å²) in [6.07, 6.45) is -4.23. The Bertz CT molecular complexity index is 965. The Kier molecular flexibility index (Phi) is 6.25. The van der Waals surface area contributed by atoms with Crippen LogP contribution < -0.4 is 10.2 Å². The van der Waals surface area contributed by atoms with Gasteiger partial charge in [-0.05, 0) is 12.1 Å². The van der Waals surface area contributed by atoms with Crippen molar-refractivity contribution in [3.63, 3.8) is 0 Å². The molecule has 0 amide bonds. The summed E-state index contributed by atoms with van der Waals surface area (Å²) in [7, 11) is 0. The molecule has 0 radical (unpaired) electrons. The SMILES string of the molecule is O=[N+]([O-])c1ccc(OC(F)F)c(/C=N/Nc2ccc([N+](=O)[O-])cc2C(F)(F)F)c1. The number of ether oxygens (including phenoxy) is 1. The Hall–Kier alpha value is -3.84. The van der Waals surface area contributed by atoms with Gasteiger partial charge in [0.1, 0.15) is 5.75 Å². The molecule has 0 unspecified atom stereocenters. The minimum Gasteiger partial charge on any atom is -0.434 e. The van der Waals surface area contributed by atoms with Gasteiger partial charge < -0.3 is 4.74 Å². The molecule has 0 spiro atoms. The molecule has 2 aromatic rings. The number of hydrazone groups is 1. The summed E-state index contributed by atoms with van der Waals surface area (Å²) in [4.78, 5) is 19.6. The molecule has 0 bridgehead atoms. The zero-order valence-electron chi connectivity index (χ0n) is 13.9. The predicted molar refractivity (Wildman–Crippen MR) is 89.0 cm³/mol. The van der Waals surface area contributed by atoms with Crippen molar-refractivity contribution >= 4 is 23.3 Å². The van der Waals surface area contributed by atoms with E-state index in [9.17, 15) is 42.2 Å². The summed E-state index contributed by atoms with van der Waals surface area (Å²) in [6, 6.07) is 4.42. The van der Waals surface area contributed by atoms with Crippen LogP contribution in [0.4, 0.5) is 39.0 Å². The van der Waals surface area contributed by atoms with Crippen molar-refractivity contribution in [2.45, 2.75) is 12.8 Å². The highest BCUT2D eigenvalue weighted by Crippen LogP contribution is 2.37. The summed E-state index contributed by atoms with van der Waals surface area (Å²) in [6.45, 7) is -3.26. The molecule has 14 heteroatoms. The average Bonchev–Trinajstić information content (AvgIpc) is 2.61. The van der Waals surface area contributed by atoms with E-state index in [-0.39, 0.29) is 11.6 Å². The summed E-state index contributed by atoms with van der Waals surface area (Å²) < 4.78 is 68.3. The standard InChI is InChI=1S/C15H9F5N4O5/c16-14(17)29-13-4-2-9(23(25)26)5-8(13)7-21-22-12-3-1-10(24(27)28)6-11(12)15(18,19)20/h1-7,14,22H/b21-7+. The van der Waals surface area contributed by atoms with E-state index in [0.29, 0.717) is 0 Å². The first-order chi connectivity index (χ1) is 13.5. The van der Waals surface area contributed by atoms with Gasteiger partial charge in [-0.2, -0.15) is 27.1 Å². The zero-order chi connectivity index (χ0) is 21.8. The monoisotopic (exact) mass is 420 g/mol. The van der Waals surface area contributed by atoms with Crippen LogP contribution in [0.15, 0.2) is 41.5 Å². The van der Waals surface area contributed by atoms with Crippen LogP contribution in [0.25, 0.3) is 0 Å². The van der Waals surface area contributed by atoms with Gasteiger partial charge in [0.25, 0.3) is 11.4 Å². The van der Waals surface area contributed by atoms with Crippen molar-refractivity contribution in [2.24, 2.45) is 5.10 Å². The van der Waals surface area contributed by atoms with Crippen LogP contribution in [0.1, 0.15) is 11.1 Å². The fraction of sp³-hybridized carbons (Fsp3) is 0.133. The minimum absolute atomic E-state index is 0.288. The van der Waals surface area contributed by atoms with Gasteiger partial charge in [-0.1, -0.05) is 0 Å².